The first-order chi connectivity index (χ1) is 10.6. The highest BCUT2D eigenvalue weighted by Gasteiger charge is 2.14. The molecule has 0 unspecified atom stereocenters. The van der Waals surface area contributed by atoms with Crippen LogP contribution in [0.15, 0.2) is 24.4 Å². The number of ether oxygens (including phenoxy) is 2. The first kappa shape index (κ1) is 14.4. The monoisotopic (exact) mass is 302 g/mol. The lowest BCUT2D eigenvalue weighted by Gasteiger charge is -2.04. The molecule has 0 atom stereocenters. The third-order valence-electron chi connectivity index (χ3n) is 3.32. The van der Waals surface area contributed by atoms with E-state index in [0.29, 0.717) is 18.7 Å². The SMILES string of the molecule is CC(C)n1ncc(NC(=O)CCc2ccc3c(c2)OCO3)n1. The predicted octanol–water partition coefficient (Wildman–Crippen LogP) is 2.16. The van der Waals surface area contributed by atoms with E-state index in [1.165, 1.54) is 0 Å². The smallest absolute Gasteiger partial charge is 0.231 e. The molecule has 2 heterocycles. The number of aromatic nitrogens is 3. The topological polar surface area (TPSA) is 78.3 Å². The van der Waals surface area contributed by atoms with Crippen LogP contribution in [0, 0.1) is 0 Å². The average molecular weight is 302 g/mol. The summed E-state index contributed by atoms with van der Waals surface area (Å²) in [5.74, 6) is 1.87. The Hall–Kier alpha value is -2.57. The van der Waals surface area contributed by atoms with Crippen LogP contribution in [0.3, 0.4) is 0 Å². The molecule has 0 fully saturated rings. The van der Waals surface area contributed by atoms with Gasteiger partial charge >= 0.3 is 0 Å². The molecule has 3 rings (SSSR count). The Balaban J connectivity index is 1.53. The lowest BCUT2D eigenvalue weighted by Crippen LogP contribution is -2.13. The molecule has 116 valence electrons. The average Bonchev–Trinajstić information content (AvgIpc) is 3.13. The Kier molecular flexibility index (Phi) is 3.95. The number of aryl methyl sites for hydroxylation is 1. The fourth-order valence-electron chi connectivity index (χ4n) is 2.14. The van der Waals surface area contributed by atoms with Gasteiger partial charge in [0.15, 0.2) is 17.3 Å². The van der Waals surface area contributed by atoms with Crippen LogP contribution >= 0.6 is 0 Å². The van der Waals surface area contributed by atoms with Gasteiger partial charge in [-0.2, -0.15) is 9.90 Å². The highest BCUT2D eigenvalue weighted by Crippen LogP contribution is 2.32. The zero-order valence-corrected chi connectivity index (χ0v) is 12.6. The van der Waals surface area contributed by atoms with E-state index in [-0.39, 0.29) is 18.7 Å². The van der Waals surface area contributed by atoms with Gasteiger partial charge in [-0.25, -0.2) is 0 Å². The Morgan fingerprint density at radius 1 is 1.36 bits per heavy atom. The van der Waals surface area contributed by atoms with Crippen molar-refractivity contribution < 1.29 is 14.3 Å². The summed E-state index contributed by atoms with van der Waals surface area (Å²) in [5, 5.41) is 11.0. The number of hydrogen-bond acceptors (Lipinski definition) is 5. The van der Waals surface area contributed by atoms with E-state index in [2.05, 4.69) is 15.5 Å². The zero-order valence-electron chi connectivity index (χ0n) is 12.6. The molecule has 0 spiro atoms. The number of hydrogen-bond donors (Lipinski definition) is 1. The number of fused-ring (bicyclic) bond motifs is 1. The maximum atomic E-state index is 12.0. The molecular weight excluding hydrogens is 284 g/mol. The molecule has 0 aliphatic carbocycles. The van der Waals surface area contributed by atoms with Gasteiger partial charge in [0.1, 0.15) is 0 Å². The second kappa shape index (κ2) is 6.05. The van der Waals surface area contributed by atoms with Crippen molar-refractivity contribution in [2.24, 2.45) is 0 Å². The maximum absolute atomic E-state index is 12.0. The number of carbonyl (C=O) groups is 1. The van der Waals surface area contributed by atoms with E-state index in [9.17, 15) is 4.79 Å². The van der Waals surface area contributed by atoms with Crippen molar-refractivity contribution in [3.63, 3.8) is 0 Å². The van der Waals surface area contributed by atoms with Crippen LogP contribution in [0.25, 0.3) is 0 Å². The summed E-state index contributed by atoms with van der Waals surface area (Å²) in [7, 11) is 0. The normalized spacial score (nSPS) is 12.7. The van der Waals surface area contributed by atoms with Crippen molar-refractivity contribution >= 4 is 11.7 Å². The van der Waals surface area contributed by atoms with Gasteiger partial charge in [0, 0.05) is 6.42 Å². The van der Waals surface area contributed by atoms with Gasteiger partial charge < -0.3 is 14.8 Å². The Bertz CT molecular complexity index is 681. The van der Waals surface area contributed by atoms with Gasteiger partial charge in [0.2, 0.25) is 12.7 Å². The molecule has 7 heteroatoms. The number of carbonyl (C=O) groups excluding carboxylic acids is 1. The Morgan fingerprint density at radius 3 is 2.95 bits per heavy atom. The minimum absolute atomic E-state index is 0.0894. The van der Waals surface area contributed by atoms with Crippen molar-refractivity contribution in [1.82, 2.24) is 15.0 Å². The van der Waals surface area contributed by atoms with Crippen LogP contribution in [0.4, 0.5) is 5.82 Å². The van der Waals surface area contributed by atoms with Crippen LogP contribution in [0.2, 0.25) is 0 Å². The second-order valence-electron chi connectivity index (χ2n) is 5.38. The first-order valence-corrected chi connectivity index (χ1v) is 7.22. The molecule has 7 nitrogen and oxygen atoms in total. The molecule has 1 N–H and O–H groups in total. The van der Waals surface area contributed by atoms with Gasteiger partial charge in [-0.15, -0.1) is 5.10 Å². The predicted molar refractivity (Wildman–Crippen MR) is 79.9 cm³/mol. The highest BCUT2D eigenvalue weighted by atomic mass is 16.7. The third kappa shape index (κ3) is 3.19. The number of anilines is 1. The van der Waals surface area contributed by atoms with Crippen molar-refractivity contribution in [1.29, 1.82) is 0 Å². The Labute approximate surface area is 128 Å². The summed E-state index contributed by atoms with van der Waals surface area (Å²) in [6.07, 6.45) is 2.55. The van der Waals surface area contributed by atoms with Gasteiger partial charge in [-0.1, -0.05) is 6.07 Å². The Morgan fingerprint density at radius 2 is 2.18 bits per heavy atom. The molecule has 1 aliphatic heterocycles. The summed E-state index contributed by atoms with van der Waals surface area (Å²) in [5.41, 5.74) is 1.03. The third-order valence-corrected chi connectivity index (χ3v) is 3.32. The van der Waals surface area contributed by atoms with Crippen LogP contribution < -0.4 is 14.8 Å². The van der Waals surface area contributed by atoms with E-state index < -0.39 is 0 Å². The molecule has 0 radical (unpaired) electrons. The van der Waals surface area contributed by atoms with E-state index in [4.69, 9.17) is 9.47 Å². The van der Waals surface area contributed by atoms with E-state index >= 15 is 0 Å². The van der Waals surface area contributed by atoms with E-state index in [0.717, 1.165) is 17.1 Å². The van der Waals surface area contributed by atoms with Crippen molar-refractivity contribution in [3.8, 4) is 11.5 Å². The molecular formula is C15H18N4O3. The van der Waals surface area contributed by atoms with Gasteiger partial charge in [0.25, 0.3) is 0 Å². The van der Waals surface area contributed by atoms with Crippen molar-refractivity contribution in [3.05, 3.63) is 30.0 Å². The standard InChI is InChI=1S/C15H18N4O3/c1-10(2)19-16-8-14(18-19)17-15(20)6-4-11-3-5-12-13(7-11)22-9-21-12/h3,5,7-8,10H,4,6,9H2,1-2H3,(H,17,18,20). The first-order valence-electron chi connectivity index (χ1n) is 7.22. The number of rotatable bonds is 5. The molecule has 2 aromatic rings. The van der Waals surface area contributed by atoms with Gasteiger partial charge in [0.05, 0.1) is 12.2 Å². The largest absolute Gasteiger partial charge is 0.454 e. The van der Waals surface area contributed by atoms with Crippen molar-refractivity contribution in [2.75, 3.05) is 12.1 Å². The molecule has 1 amide bonds. The molecule has 0 saturated heterocycles. The zero-order chi connectivity index (χ0) is 15.5. The molecule has 1 aromatic heterocycles. The van der Waals surface area contributed by atoms with Crippen LogP contribution in [0.5, 0.6) is 11.5 Å². The molecule has 0 saturated carbocycles. The van der Waals surface area contributed by atoms with E-state index in [1.807, 2.05) is 32.0 Å². The summed E-state index contributed by atoms with van der Waals surface area (Å²) < 4.78 is 10.6. The van der Waals surface area contributed by atoms with Gasteiger partial charge in [-0.3, -0.25) is 4.79 Å². The van der Waals surface area contributed by atoms with Crippen LogP contribution in [-0.4, -0.2) is 27.7 Å². The van der Waals surface area contributed by atoms with Crippen LogP contribution in [-0.2, 0) is 11.2 Å². The van der Waals surface area contributed by atoms with Crippen LogP contribution in [0.1, 0.15) is 31.9 Å². The second-order valence-corrected chi connectivity index (χ2v) is 5.38. The minimum atomic E-state index is -0.0894. The molecule has 22 heavy (non-hydrogen) atoms. The fraction of sp³-hybridized carbons (Fsp3) is 0.400. The number of nitrogens with zero attached hydrogens (tertiary/aromatic N) is 3. The molecule has 1 aromatic carbocycles. The maximum Gasteiger partial charge on any atom is 0.231 e. The van der Waals surface area contributed by atoms with Crippen molar-refractivity contribution in [2.45, 2.75) is 32.7 Å². The fourth-order valence-corrected chi connectivity index (χ4v) is 2.14. The highest BCUT2D eigenvalue weighted by molar-refractivity contribution is 5.89. The summed E-state index contributed by atoms with van der Waals surface area (Å²) in [6, 6.07) is 5.88. The minimum Gasteiger partial charge on any atom is -0.454 e. The summed E-state index contributed by atoms with van der Waals surface area (Å²) in [6.45, 7) is 4.21. The number of benzene rings is 1. The molecule has 1 aliphatic rings. The quantitative estimate of drug-likeness (QED) is 0.915. The molecule has 0 bridgehead atoms. The number of amides is 1. The van der Waals surface area contributed by atoms with E-state index in [1.54, 1.807) is 11.0 Å². The summed E-state index contributed by atoms with van der Waals surface area (Å²) >= 11 is 0. The lowest BCUT2D eigenvalue weighted by molar-refractivity contribution is -0.116. The summed E-state index contributed by atoms with van der Waals surface area (Å²) in [4.78, 5) is 13.5. The number of nitrogens with one attached hydrogen (secondary N) is 1. The lowest BCUT2D eigenvalue weighted by atomic mass is 10.1. The van der Waals surface area contributed by atoms with Gasteiger partial charge in [-0.05, 0) is 38.0 Å².